The first kappa shape index (κ1) is 30.0. The molecule has 0 spiro atoms. The van der Waals surface area contributed by atoms with E-state index in [0.29, 0.717) is 35.7 Å². The molecule has 0 fully saturated rings. The summed E-state index contributed by atoms with van der Waals surface area (Å²) < 4.78 is 20.9. The third-order valence-electron chi connectivity index (χ3n) is 4.79. The SMILES string of the molecule is COc1cc(CNC(=O)CCCC/C=C/C(C)C)ccc1OC(=O)OCC(=O)OCC[N+](C)(C)C. The molecule has 0 saturated heterocycles. The van der Waals surface area contributed by atoms with Crippen molar-refractivity contribution in [2.24, 2.45) is 5.92 Å². The van der Waals surface area contributed by atoms with Crippen molar-refractivity contribution in [3.05, 3.63) is 35.9 Å². The Kier molecular flexibility index (Phi) is 13.5. The van der Waals surface area contributed by atoms with E-state index in [1.54, 1.807) is 18.2 Å². The Hall–Kier alpha value is -3.07. The molecule has 1 aromatic rings. The van der Waals surface area contributed by atoms with Gasteiger partial charge in [-0.15, -0.1) is 0 Å². The lowest BCUT2D eigenvalue weighted by molar-refractivity contribution is -0.870. The highest BCUT2D eigenvalue weighted by molar-refractivity contribution is 5.76. The van der Waals surface area contributed by atoms with Gasteiger partial charge in [0.15, 0.2) is 18.1 Å². The van der Waals surface area contributed by atoms with Gasteiger partial charge in [-0.1, -0.05) is 32.1 Å². The van der Waals surface area contributed by atoms with Crippen LogP contribution in [0.1, 0.15) is 45.1 Å². The topological polar surface area (TPSA) is 100 Å². The number of nitrogens with zero attached hydrogens (tertiary/aromatic N) is 1. The maximum Gasteiger partial charge on any atom is 0.514 e. The maximum atomic E-state index is 12.1. The normalized spacial score (nSPS) is 11.4. The summed E-state index contributed by atoms with van der Waals surface area (Å²) in [6.45, 7) is 4.91. The van der Waals surface area contributed by atoms with Crippen molar-refractivity contribution in [1.82, 2.24) is 5.32 Å². The summed E-state index contributed by atoms with van der Waals surface area (Å²) in [5.41, 5.74) is 0.789. The maximum absolute atomic E-state index is 12.1. The van der Waals surface area contributed by atoms with E-state index in [9.17, 15) is 14.4 Å². The van der Waals surface area contributed by atoms with Crippen LogP contribution in [-0.2, 0) is 25.6 Å². The number of methoxy groups -OCH3 is 1. The monoisotopic (exact) mass is 493 g/mol. The van der Waals surface area contributed by atoms with Gasteiger partial charge in [-0.3, -0.25) is 4.79 Å². The molecule has 0 aromatic heterocycles. The van der Waals surface area contributed by atoms with Crippen LogP contribution in [0, 0.1) is 5.92 Å². The van der Waals surface area contributed by atoms with Crippen LogP contribution in [0.3, 0.4) is 0 Å². The predicted molar refractivity (Wildman–Crippen MR) is 133 cm³/mol. The standard InChI is InChI=1S/C26H40N2O7/c1-20(2)11-9-7-8-10-12-24(29)27-18-21-13-14-22(23(17-21)32-6)35-26(31)34-19-25(30)33-16-15-28(3,4)5/h9,11,13-14,17,20H,7-8,10,12,15-16,18-19H2,1-6H3/p+1/b11-9+. The van der Waals surface area contributed by atoms with Gasteiger partial charge >= 0.3 is 12.1 Å². The molecule has 0 bridgehead atoms. The number of rotatable bonds is 15. The number of hydrogen-bond donors (Lipinski definition) is 1. The fourth-order valence-corrected chi connectivity index (χ4v) is 2.82. The highest BCUT2D eigenvalue weighted by Crippen LogP contribution is 2.28. The van der Waals surface area contributed by atoms with Gasteiger partial charge in [0.05, 0.1) is 28.3 Å². The van der Waals surface area contributed by atoms with Gasteiger partial charge < -0.3 is 28.7 Å². The number of hydrogen-bond acceptors (Lipinski definition) is 7. The zero-order valence-corrected chi connectivity index (χ0v) is 21.9. The van der Waals surface area contributed by atoms with Gasteiger partial charge in [-0.2, -0.15) is 0 Å². The fourth-order valence-electron chi connectivity index (χ4n) is 2.82. The summed E-state index contributed by atoms with van der Waals surface area (Å²) in [5, 5.41) is 2.88. The number of likely N-dealkylation sites (N-methyl/N-ethyl adjacent to an activating group) is 1. The molecule has 0 unspecified atom stereocenters. The smallest absolute Gasteiger partial charge is 0.493 e. The van der Waals surface area contributed by atoms with Crippen molar-refractivity contribution in [3.8, 4) is 11.5 Å². The van der Waals surface area contributed by atoms with Crippen molar-refractivity contribution in [2.75, 3.05) is 48.0 Å². The van der Waals surface area contributed by atoms with Crippen molar-refractivity contribution in [2.45, 2.75) is 46.1 Å². The second-order valence-electron chi connectivity index (χ2n) is 9.56. The molecule has 0 aliphatic rings. The minimum Gasteiger partial charge on any atom is -0.493 e. The summed E-state index contributed by atoms with van der Waals surface area (Å²) in [7, 11) is 7.36. The lowest BCUT2D eigenvalue weighted by atomic mass is 10.1. The molecule has 1 amide bonds. The number of esters is 1. The average molecular weight is 494 g/mol. The van der Waals surface area contributed by atoms with Gasteiger partial charge in [-0.25, -0.2) is 9.59 Å². The molecule has 196 valence electrons. The van der Waals surface area contributed by atoms with Crippen molar-refractivity contribution in [1.29, 1.82) is 0 Å². The Balaban J connectivity index is 2.41. The number of carbonyl (C=O) groups excluding carboxylic acids is 3. The number of amides is 1. The Morgan fingerprint density at radius 2 is 1.80 bits per heavy atom. The molecule has 9 nitrogen and oxygen atoms in total. The van der Waals surface area contributed by atoms with E-state index in [2.05, 4.69) is 31.3 Å². The number of allylic oxidation sites excluding steroid dienone is 2. The molecule has 9 heteroatoms. The highest BCUT2D eigenvalue weighted by Gasteiger charge is 2.15. The van der Waals surface area contributed by atoms with Gasteiger partial charge in [-0.05, 0) is 42.9 Å². The molecule has 0 aliphatic carbocycles. The van der Waals surface area contributed by atoms with Gasteiger partial charge in [0.1, 0.15) is 13.2 Å². The molecule has 0 radical (unpaired) electrons. The first-order valence-corrected chi connectivity index (χ1v) is 11.9. The van der Waals surface area contributed by atoms with Crippen molar-refractivity contribution >= 4 is 18.0 Å². The summed E-state index contributed by atoms with van der Waals surface area (Å²) >= 11 is 0. The molecule has 0 atom stereocenters. The van der Waals surface area contributed by atoms with Gasteiger partial charge in [0.2, 0.25) is 5.91 Å². The van der Waals surface area contributed by atoms with Crippen LogP contribution >= 0.6 is 0 Å². The fraction of sp³-hybridized carbons (Fsp3) is 0.577. The highest BCUT2D eigenvalue weighted by atomic mass is 16.7. The first-order chi connectivity index (χ1) is 16.5. The third kappa shape index (κ3) is 14.7. The molecular formula is C26H41N2O7+. The van der Waals surface area contributed by atoms with Crippen LogP contribution in [0.25, 0.3) is 0 Å². The van der Waals surface area contributed by atoms with E-state index in [-0.39, 0.29) is 18.3 Å². The van der Waals surface area contributed by atoms with Crippen LogP contribution in [0.2, 0.25) is 0 Å². The predicted octanol–water partition coefficient (Wildman–Crippen LogP) is 3.85. The Labute approximate surface area is 208 Å². The lowest BCUT2D eigenvalue weighted by Gasteiger charge is -2.23. The van der Waals surface area contributed by atoms with E-state index in [1.807, 2.05) is 21.1 Å². The minimum absolute atomic E-state index is 0.0194. The van der Waals surface area contributed by atoms with Gasteiger partial charge in [0, 0.05) is 13.0 Å². The van der Waals surface area contributed by atoms with E-state index in [0.717, 1.165) is 24.8 Å². The van der Waals surface area contributed by atoms with E-state index >= 15 is 0 Å². The summed E-state index contributed by atoms with van der Waals surface area (Å²) in [6.07, 6.45) is 6.53. The van der Waals surface area contributed by atoms with Crippen LogP contribution in [0.4, 0.5) is 4.79 Å². The molecule has 0 heterocycles. The largest absolute Gasteiger partial charge is 0.514 e. The Morgan fingerprint density at radius 1 is 1.06 bits per heavy atom. The molecular weight excluding hydrogens is 452 g/mol. The second-order valence-corrected chi connectivity index (χ2v) is 9.56. The summed E-state index contributed by atoms with van der Waals surface area (Å²) in [5.74, 6) is 0.315. The van der Waals surface area contributed by atoms with Crippen LogP contribution < -0.4 is 14.8 Å². The second kappa shape index (κ2) is 15.8. The molecule has 0 aliphatic heterocycles. The van der Waals surface area contributed by atoms with Crippen LogP contribution in [0.5, 0.6) is 11.5 Å². The number of unbranched alkanes of at least 4 members (excludes halogenated alkanes) is 2. The summed E-state index contributed by atoms with van der Waals surface area (Å²) in [6, 6.07) is 4.92. The van der Waals surface area contributed by atoms with Crippen molar-refractivity contribution < 1.29 is 37.8 Å². The number of ether oxygens (including phenoxy) is 4. The number of quaternary nitrogens is 1. The molecule has 1 aromatic carbocycles. The van der Waals surface area contributed by atoms with Gasteiger partial charge in [0.25, 0.3) is 0 Å². The first-order valence-electron chi connectivity index (χ1n) is 11.9. The molecule has 1 rings (SSSR count). The van der Waals surface area contributed by atoms with E-state index in [1.165, 1.54) is 7.11 Å². The number of benzene rings is 1. The zero-order chi connectivity index (χ0) is 26.3. The van der Waals surface area contributed by atoms with E-state index in [4.69, 9.17) is 18.9 Å². The summed E-state index contributed by atoms with van der Waals surface area (Å²) in [4.78, 5) is 35.7. The van der Waals surface area contributed by atoms with Crippen LogP contribution in [0.15, 0.2) is 30.4 Å². The Bertz CT molecular complexity index is 845. The quantitative estimate of drug-likeness (QED) is 0.130. The minimum atomic E-state index is -1.05. The average Bonchev–Trinajstić information content (AvgIpc) is 2.78. The lowest BCUT2D eigenvalue weighted by Crippen LogP contribution is -2.38. The number of nitrogens with one attached hydrogen (secondary N) is 1. The molecule has 0 saturated carbocycles. The Morgan fingerprint density at radius 3 is 2.46 bits per heavy atom. The third-order valence-corrected chi connectivity index (χ3v) is 4.79. The van der Waals surface area contributed by atoms with E-state index < -0.39 is 18.7 Å². The number of carbonyl (C=O) groups is 3. The zero-order valence-electron chi connectivity index (χ0n) is 21.9. The molecule has 35 heavy (non-hydrogen) atoms. The molecule has 1 N–H and O–H groups in total. The van der Waals surface area contributed by atoms with Crippen molar-refractivity contribution in [3.63, 3.8) is 0 Å². The van der Waals surface area contributed by atoms with Crippen LogP contribution in [-0.4, -0.2) is 70.5 Å².